The van der Waals surface area contributed by atoms with Crippen LogP contribution in [0.1, 0.15) is 106 Å². The Balaban J connectivity index is 1.19. The van der Waals surface area contributed by atoms with Crippen LogP contribution in [0.3, 0.4) is 0 Å². The second-order valence-electron chi connectivity index (χ2n) is 15.6. The number of hydrogen-bond acceptors (Lipinski definition) is 8. The monoisotopic (exact) mass is 828 g/mol. The van der Waals surface area contributed by atoms with E-state index in [2.05, 4.69) is 6.92 Å². The Labute approximate surface area is 354 Å². The van der Waals surface area contributed by atoms with Gasteiger partial charge in [-0.15, -0.1) is 0 Å². The highest BCUT2D eigenvalue weighted by Gasteiger charge is 2.49. The van der Waals surface area contributed by atoms with Gasteiger partial charge in [-0.25, -0.2) is 0 Å². The molecule has 0 aliphatic carbocycles. The maximum atomic E-state index is 14.8. The fourth-order valence-corrected chi connectivity index (χ4v) is 9.08. The molecule has 1 unspecified atom stereocenters. The SMILES string of the molecule is CCCCCCCCCCCCOCCCCOP(=O)(C[C@@H]1O[C@H](COCc2ccccc2)[C@@H](OCc2ccccc2)[C@@H]1OCc1ccccc1)OCc1ccccc1. The summed E-state index contributed by atoms with van der Waals surface area (Å²) in [7, 11) is -3.70. The third kappa shape index (κ3) is 18.5. The molecular weight excluding hydrogens is 760 g/mol. The molecule has 1 fully saturated rings. The lowest BCUT2D eigenvalue weighted by Crippen LogP contribution is -2.40. The highest BCUT2D eigenvalue weighted by molar-refractivity contribution is 7.53. The van der Waals surface area contributed by atoms with Crippen molar-refractivity contribution in [1.82, 2.24) is 0 Å². The molecule has 1 aliphatic rings. The van der Waals surface area contributed by atoms with Crippen LogP contribution in [0.4, 0.5) is 0 Å². The van der Waals surface area contributed by atoms with E-state index in [1.807, 2.05) is 121 Å². The summed E-state index contributed by atoms with van der Waals surface area (Å²) < 4.78 is 59.6. The van der Waals surface area contributed by atoms with Gasteiger partial charge in [-0.2, -0.15) is 0 Å². The van der Waals surface area contributed by atoms with Crippen LogP contribution in [0.2, 0.25) is 0 Å². The quantitative estimate of drug-likeness (QED) is 0.0356. The normalized spacial score (nSPS) is 18.9. The maximum Gasteiger partial charge on any atom is 0.333 e. The van der Waals surface area contributed by atoms with Crippen LogP contribution in [0, 0.1) is 0 Å². The van der Waals surface area contributed by atoms with Gasteiger partial charge in [-0.05, 0) is 41.5 Å². The zero-order valence-electron chi connectivity index (χ0n) is 35.4. The lowest BCUT2D eigenvalue weighted by molar-refractivity contribution is -0.0897. The highest BCUT2D eigenvalue weighted by atomic mass is 31.2. The van der Waals surface area contributed by atoms with Crippen molar-refractivity contribution in [3.8, 4) is 0 Å². The third-order valence-electron chi connectivity index (χ3n) is 10.7. The van der Waals surface area contributed by atoms with Crippen molar-refractivity contribution >= 4 is 7.60 Å². The molecule has 5 atom stereocenters. The molecule has 4 aromatic rings. The first-order valence-corrected chi connectivity index (χ1v) is 23.9. The molecular formula is C50H69O8P. The predicted octanol–water partition coefficient (Wildman–Crippen LogP) is 12.3. The smallest absolute Gasteiger partial charge is 0.333 e. The third-order valence-corrected chi connectivity index (χ3v) is 12.6. The minimum absolute atomic E-state index is 0.00884. The molecule has 59 heavy (non-hydrogen) atoms. The molecule has 0 bridgehead atoms. The van der Waals surface area contributed by atoms with E-state index in [0.29, 0.717) is 32.8 Å². The molecule has 5 rings (SSSR count). The van der Waals surface area contributed by atoms with Crippen molar-refractivity contribution in [3.63, 3.8) is 0 Å². The van der Waals surface area contributed by atoms with E-state index in [1.54, 1.807) is 0 Å². The molecule has 0 N–H and O–H groups in total. The largest absolute Gasteiger partial charge is 0.381 e. The van der Waals surface area contributed by atoms with Gasteiger partial charge in [-0.3, -0.25) is 4.57 Å². The number of benzene rings is 4. The van der Waals surface area contributed by atoms with Crippen molar-refractivity contribution in [2.45, 2.75) is 135 Å². The summed E-state index contributed by atoms with van der Waals surface area (Å²) in [5.41, 5.74) is 4.04. The predicted molar refractivity (Wildman–Crippen MR) is 236 cm³/mol. The van der Waals surface area contributed by atoms with Crippen LogP contribution in [0.5, 0.6) is 0 Å². The maximum absolute atomic E-state index is 14.8. The van der Waals surface area contributed by atoms with Crippen LogP contribution < -0.4 is 0 Å². The van der Waals surface area contributed by atoms with Crippen LogP contribution >= 0.6 is 7.60 Å². The zero-order valence-corrected chi connectivity index (χ0v) is 36.3. The summed E-state index contributed by atoms with van der Waals surface area (Å²) in [5.74, 6) is 0. The Morgan fingerprint density at radius 2 is 0.881 bits per heavy atom. The van der Waals surface area contributed by atoms with Gasteiger partial charge in [0, 0.05) is 13.2 Å². The lowest BCUT2D eigenvalue weighted by atomic mass is 10.1. The van der Waals surface area contributed by atoms with E-state index in [-0.39, 0.29) is 26.0 Å². The summed E-state index contributed by atoms with van der Waals surface area (Å²) in [6, 6.07) is 39.9. The van der Waals surface area contributed by atoms with Crippen molar-refractivity contribution in [1.29, 1.82) is 0 Å². The van der Waals surface area contributed by atoms with Gasteiger partial charge in [0.1, 0.15) is 18.3 Å². The Morgan fingerprint density at radius 1 is 0.458 bits per heavy atom. The van der Waals surface area contributed by atoms with Gasteiger partial charge >= 0.3 is 7.60 Å². The Morgan fingerprint density at radius 3 is 1.41 bits per heavy atom. The van der Waals surface area contributed by atoms with Crippen molar-refractivity contribution in [3.05, 3.63) is 144 Å². The first-order valence-electron chi connectivity index (χ1n) is 22.2. The Hall–Kier alpha value is -3.17. The fourth-order valence-electron chi connectivity index (χ4n) is 7.30. The van der Waals surface area contributed by atoms with Gasteiger partial charge in [0.05, 0.1) is 51.9 Å². The summed E-state index contributed by atoms with van der Waals surface area (Å²) in [5, 5.41) is 0. The first kappa shape index (κ1) is 46.9. The van der Waals surface area contributed by atoms with E-state index in [9.17, 15) is 4.57 Å². The Kier molecular flexibility index (Phi) is 22.5. The van der Waals surface area contributed by atoms with Crippen LogP contribution in [-0.2, 0) is 63.7 Å². The number of rotatable bonds is 32. The fraction of sp³-hybridized carbons (Fsp3) is 0.520. The lowest BCUT2D eigenvalue weighted by Gasteiger charge is -2.27. The molecule has 0 aromatic heterocycles. The van der Waals surface area contributed by atoms with E-state index in [0.717, 1.165) is 41.7 Å². The first-order chi connectivity index (χ1) is 29.1. The van der Waals surface area contributed by atoms with Gasteiger partial charge in [0.2, 0.25) is 0 Å². The molecule has 0 spiro atoms. The summed E-state index contributed by atoms with van der Waals surface area (Å²) in [4.78, 5) is 0. The minimum atomic E-state index is -3.70. The molecule has 8 nitrogen and oxygen atoms in total. The van der Waals surface area contributed by atoms with Gasteiger partial charge in [0.25, 0.3) is 0 Å². The van der Waals surface area contributed by atoms with Crippen LogP contribution in [0.15, 0.2) is 121 Å². The topological polar surface area (TPSA) is 81.7 Å². The Bertz CT molecular complexity index is 1660. The van der Waals surface area contributed by atoms with E-state index >= 15 is 0 Å². The van der Waals surface area contributed by atoms with E-state index in [1.165, 1.54) is 57.8 Å². The molecule has 0 radical (unpaired) electrons. The van der Waals surface area contributed by atoms with Gasteiger partial charge < -0.3 is 32.7 Å². The molecule has 9 heteroatoms. The molecule has 1 heterocycles. The van der Waals surface area contributed by atoms with Crippen LogP contribution in [-0.4, -0.2) is 57.0 Å². The van der Waals surface area contributed by atoms with Crippen molar-refractivity contribution in [2.24, 2.45) is 0 Å². The minimum Gasteiger partial charge on any atom is -0.381 e. The summed E-state index contributed by atoms with van der Waals surface area (Å²) >= 11 is 0. The standard InChI is InChI=1S/C50H69O8P/c1-2-3-4-5-6-7-8-9-10-23-34-52-35-24-25-36-56-59(51,57-40-46-32-21-14-22-33-46)42-48-50(55-39-45-30-19-13-20-31-45)49(54-38-44-28-17-12-18-29-44)47(58-48)41-53-37-43-26-15-11-16-27-43/h11-22,26-33,47-50H,2-10,23-25,34-42H2,1H3/t47-,48+,49-,50-,59?/m1/s1. The molecule has 322 valence electrons. The molecule has 4 aromatic carbocycles. The number of ether oxygens (including phenoxy) is 5. The average Bonchev–Trinajstić information content (AvgIpc) is 3.59. The highest BCUT2D eigenvalue weighted by Crippen LogP contribution is 2.52. The zero-order chi connectivity index (χ0) is 41.1. The van der Waals surface area contributed by atoms with Gasteiger partial charge in [0.15, 0.2) is 0 Å². The molecule has 0 amide bonds. The second kappa shape index (κ2) is 28.4. The average molecular weight is 829 g/mol. The molecule has 1 saturated heterocycles. The van der Waals surface area contributed by atoms with E-state index < -0.39 is 32.0 Å². The van der Waals surface area contributed by atoms with Gasteiger partial charge in [-0.1, -0.05) is 186 Å². The number of unbranched alkanes of at least 4 members (excludes halogenated alkanes) is 10. The molecule has 1 aliphatic heterocycles. The van der Waals surface area contributed by atoms with Crippen molar-refractivity contribution in [2.75, 3.05) is 32.6 Å². The summed E-state index contributed by atoms with van der Waals surface area (Å²) in [6.45, 7) is 5.54. The molecule has 0 saturated carbocycles. The van der Waals surface area contributed by atoms with E-state index in [4.69, 9.17) is 32.7 Å². The number of hydrogen-bond donors (Lipinski definition) is 0. The van der Waals surface area contributed by atoms with Crippen molar-refractivity contribution < 1.29 is 37.3 Å². The summed E-state index contributed by atoms with van der Waals surface area (Å²) in [6.07, 6.45) is 12.4. The second-order valence-corrected chi connectivity index (χ2v) is 17.7. The van der Waals surface area contributed by atoms with Crippen LogP contribution in [0.25, 0.3) is 0 Å².